The number of likely N-dealkylation sites (tertiary alicyclic amines) is 1. The Hall–Kier alpha value is -4.14. The lowest BCUT2D eigenvalue weighted by Crippen LogP contribution is -2.54. The summed E-state index contributed by atoms with van der Waals surface area (Å²) in [7, 11) is 0. The Morgan fingerprint density at radius 3 is 2.42 bits per heavy atom. The van der Waals surface area contributed by atoms with Gasteiger partial charge in [0.05, 0.1) is 5.52 Å². The van der Waals surface area contributed by atoms with Crippen molar-refractivity contribution in [2.24, 2.45) is 11.8 Å². The van der Waals surface area contributed by atoms with Crippen molar-refractivity contribution in [3.8, 4) is 16.9 Å². The van der Waals surface area contributed by atoms with E-state index >= 15 is 0 Å². The zero-order valence-electron chi connectivity index (χ0n) is 20.4. The lowest BCUT2D eigenvalue weighted by atomic mass is 9.84. The highest BCUT2D eigenvalue weighted by Crippen LogP contribution is 2.34. The zero-order valence-corrected chi connectivity index (χ0v) is 20.4. The molecule has 0 saturated carbocycles. The van der Waals surface area contributed by atoms with Crippen molar-refractivity contribution in [2.75, 3.05) is 31.1 Å². The molecule has 9 heteroatoms. The maximum Gasteiger partial charge on any atom is 0.573 e. The van der Waals surface area contributed by atoms with Crippen LogP contribution in [0.1, 0.15) is 16.8 Å². The smallest absolute Gasteiger partial charge is 0.406 e. The number of nitrogens with zero attached hydrogens (tertiary/aromatic N) is 4. The van der Waals surface area contributed by atoms with Crippen LogP contribution in [0.2, 0.25) is 0 Å². The molecule has 2 saturated heterocycles. The minimum absolute atomic E-state index is 0.118. The number of rotatable bonds is 4. The molecular weight excluding hydrogens is 493 g/mol. The molecule has 6 nitrogen and oxygen atoms in total. The van der Waals surface area contributed by atoms with E-state index in [4.69, 9.17) is 4.98 Å². The number of aromatic nitrogens is 2. The molecule has 4 aromatic rings. The molecule has 2 fully saturated rings. The molecule has 2 aliphatic heterocycles. The van der Waals surface area contributed by atoms with Gasteiger partial charge in [-0.2, -0.15) is 0 Å². The van der Waals surface area contributed by atoms with Gasteiger partial charge in [-0.15, -0.1) is 13.2 Å². The van der Waals surface area contributed by atoms with Crippen molar-refractivity contribution in [2.45, 2.75) is 12.8 Å². The van der Waals surface area contributed by atoms with Gasteiger partial charge < -0.3 is 14.5 Å². The second-order valence-corrected chi connectivity index (χ2v) is 9.93. The number of carbonyl (C=O) groups excluding carboxylic acids is 1. The number of amides is 1. The van der Waals surface area contributed by atoms with E-state index in [-0.39, 0.29) is 23.5 Å². The third kappa shape index (κ3) is 5.01. The minimum Gasteiger partial charge on any atom is -0.406 e. The average molecular weight is 519 g/mol. The topological polar surface area (TPSA) is 58.6 Å². The van der Waals surface area contributed by atoms with Gasteiger partial charge in [-0.25, -0.2) is 9.97 Å². The third-order valence-electron chi connectivity index (χ3n) is 7.16. The van der Waals surface area contributed by atoms with Gasteiger partial charge in [0.2, 0.25) is 5.95 Å². The number of para-hydroxylation sites is 1. The van der Waals surface area contributed by atoms with Gasteiger partial charge in [0.25, 0.3) is 5.91 Å². The second kappa shape index (κ2) is 9.63. The molecule has 1 amide bonds. The summed E-state index contributed by atoms with van der Waals surface area (Å²) < 4.78 is 42.3. The number of hydrogen-bond acceptors (Lipinski definition) is 5. The highest BCUT2D eigenvalue weighted by atomic mass is 19.4. The van der Waals surface area contributed by atoms with Gasteiger partial charge in [0.1, 0.15) is 5.75 Å². The molecule has 194 valence electrons. The molecule has 2 aliphatic rings. The van der Waals surface area contributed by atoms with Crippen LogP contribution >= 0.6 is 0 Å². The van der Waals surface area contributed by atoms with Crippen molar-refractivity contribution in [1.29, 1.82) is 0 Å². The van der Waals surface area contributed by atoms with Crippen molar-refractivity contribution < 1.29 is 22.7 Å². The van der Waals surface area contributed by atoms with Crippen molar-refractivity contribution in [1.82, 2.24) is 14.9 Å². The van der Waals surface area contributed by atoms with E-state index in [1.807, 2.05) is 35.4 Å². The van der Waals surface area contributed by atoms with Crippen LogP contribution in [0.3, 0.4) is 0 Å². The molecule has 0 aliphatic carbocycles. The van der Waals surface area contributed by atoms with Crippen LogP contribution in [0.4, 0.5) is 19.1 Å². The Morgan fingerprint density at radius 2 is 1.63 bits per heavy atom. The van der Waals surface area contributed by atoms with Crippen molar-refractivity contribution in [3.63, 3.8) is 0 Å². The molecule has 2 atom stereocenters. The summed E-state index contributed by atoms with van der Waals surface area (Å²) in [5.41, 5.74) is 2.44. The maximum absolute atomic E-state index is 13.7. The first-order chi connectivity index (χ1) is 18.3. The number of carbonyl (C=O) groups is 1. The molecule has 0 N–H and O–H groups in total. The fourth-order valence-electron chi connectivity index (χ4n) is 5.68. The number of alkyl halides is 3. The van der Waals surface area contributed by atoms with E-state index in [0.717, 1.165) is 30.4 Å². The van der Waals surface area contributed by atoms with E-state index in [1.165, 1.54) is 18.2 Å². The van der Waals surface area contributed by atoms with Crippen molar-refractivity contribution >= 4 is 22.8 Å². The van der Waals surface area contributed by atoms with E-state index < -0.39 is 6.36 Å². The Kier molecular flexibility index (Phi) is 6.13. The molecular formula is C29H25F3N4O2. The fourth-order valence-corrected chi connectivity index (χ4v) is 5.68. The van der Waals surface area contributed by atoms with Gasteiger partial charge >= 0.3 is 6.36 Å². The van der Waals surface area contributed by atoms with Gasteiger partial charge in [-0.05, 0) is 53.6 Å². The lowest BCUT2D eigenvalue weighted by molar-refractivity contribution is -0.274. The molecule has 38 heavy (non-hydrogen) atoms. The van der Waals surface area contributed by atoms with Gasteiger partial charge in [0.15, 0.2) is 0 Å². The van der Waals surface area contributed by atoms with Gasteiger partial charge in [-0.3, -0.25) is 4.79 Å². The van der Waals surface area contributed by atoms with Crippen LogP contribution in [0.25, 0.3) is 22.0 Å². The molecule has 1 aromatic heterocycles. The first-order valence-electron chi connectivity index (χ1n) is 12.5. The molecule has 0 radical (unpaired) electrons. The molecule has 0 spiro atoms. The Labute approximate surface area is 217 Å². The molecule has 3 heterocycles. The number of halogens is 3. The number of piperidine rings is 2. The van der Waals surface area contributed by atoms with Gasteiger partial charge in [0, 0.05) is 43.3 Å². The molecule has 2 unspecified atom stereocenters. The monoisotopic (exact) mass is 518 g/mol. The zero-order chi connectivity index (χ0) is 26.3. The fraction of sp³-hybridized carbons (Fsp3) is 0.276. The molecule has 2 bridgehead atoms. The van der Waals surface area contributed by atoms with Crippen LogP contribution in [-0.4, -0.2) is 53.3 Å². The Morgan fingerprint density at radius 1 is 0.895 bits per heavy atom. The number of benzene rings is 3. The molecule has 3 aromatic carbocycles. The van der Waals surface area contributed by atoms with Crippen LogP contribution in [-0.2, 0) is 0 Å². The standard InChI is InChI=1S/C29H25F3N4O2/c30-29(31,32)38-23-8-5-7-21(13-23)24-9-2-3-10-25(24)27(37)35-15-19-12-20(16-35)18-36(17-19)28-33-14-22-6-1-4-11-26(22)34-28/h1-11,13-14,19-20H,12,15-18H2. The number of hydrogen-bond donors (Lipinski definition) is 0. The summed E-state index contributed by atoms with van der Waals surface area (Å²) in [5, 5.41) is 0.999. The quantitative estimate of drug-likeness (QED) is 0.342. The molecule has 6 rings (SSSR count). The highest BCUT2D eigenvalue weighted by molar-refractivity contribution is 6.01. The van der Waals surface area contributed by atoms with E-state index in [2.05, 4.69) is 14.6 Å². The summed E-state index contributed by atoms with van der Waals surface area (Å²) >= 11 is 0. The van der Waals surface area contributed by atoms with Crippen LogP contribution in [0, 0.1) is 11.8 Å². The largest absolute Gasteiger partial charge is 0.573 e. The maximum atomic E-state index is 13.7. The Bertz CT molecular complexity index is 1480. The first kappa shape index (κ1) is 24.2. The highest BCUT2D eigenvalue weighted by Gasteiger charge is 2.37. The summed E-state index contributed by atoms with van der Waals surface area (Å²) in [6.07, 6.45) is -1.90. The number of ether oxygens (including phenoxy) is 1. The normalized spacial score (nSPS) is 19.4. The summed E-state index contributed by atoms with van der Waals surface area (Å²) in [6.45, 7) is 2.73. The second-order valence-electron chi connectivity index (χ2n) is 9.93. The van der Waals surface area contributed by atoms with E-state index in [0.29, 0.717) is 35.7 Å². The number of fused-ring (bicyclic) bond motifs is 3. The third-order valence-corrected chi connectivity index (χ3v) is 7.16. The van der Waals surface area contributed by atoms with E-state index in [9.17, 15) is 18.0 Å². The lowest BCUT2D eigenvalue weighted by Gasteiger charge is -2.46. The minimum atomic E-state index is -4.79. The van der Waals surface area contributed by atoms with Gasteiger partial charge in [-0.1, -0.05) is 48.5 Å². The van der Waals surface area contributed by atoms with Crippen LogP contribution in [0.5, 0.6) is 5.75 Å². The van der Waals surface area contributed by atoms with Crippen molar-refractivity contribution in [3.05, 3.63) is 84.6 Å². The summed E-state index contributed by atoms with van der Waals surface area (Å²) in [6, 6.07) is 20.7. The number of anilines is 1. The van der Waals surface area contributed by atoms with Crippen LogP contribution < -0.4 is 9.64 Å². The first-order valence-corrected chi connectivity index (χ1v) is 12.5. The SMILES string of the molecule is O=C(c1ccccc1-c1cccc(OC(F)(F)F)c1)N1CC2CC(C1)CN(c1ncc3ccccc3n1)C2. The summed E-state index contributed by atoms with van der Waals surface area (Å²) in [5.74, 6) is 0.826. The average Bonchev–Trinajstić information content (AvgIpc) is 2.91. The Balaban J connectivity index is 1.20. The predicted octanol–water partition coefficient (Wildman–Crippen LogP) is 5.79. The van der Waals surface area contributed by atoms with E-state index in [1.54, 1.807) is 30.3 Å². The predicted molar refractivity (Wildman–Crippen MR) is 138 cm³/mol. The summed E-state index contributed by atoms with van der Waals surface area (Å²) in [4.78, 5) is 27.2. The van der Waals surface area contributed by atoms with Crippen LogP contribution in [0.15, 0.2) is 79.0 Å².